The van der Waals surface area contributed by atoms with E-state index in [4.69, 9.17) is 4.74 Å². The third-order valence-corrected chi connectivity index (χ3v) is 5.72. The monoisotopic (exact) mass is 378 g/mol. The van der Waals surface area contributed by atoms with E-state index in [1.807, 2.05) is 0 Å². The summed E-state index contributed by atoms with van der Waals surface area (Å²) in [7, 11) is 1.28. The second kappa shape index (κ2) is 6.02. The summed E-state index contributed by atoms with van der Waals surface area (Å²) >= 11 is 0. The van der Waals surface area contributed by atoms with Gasteiger partial charge in [-0.25, -0.2) is 4.79 Å². The van der Waals surface area contributed by atoms with Crippen molar-refractivity contribution in [3.8, 4) is 0 Å². The van der Waals surface area contributed by atoms with Crippen LogP contribution in [0.3, 0.4) is 0 Å². The molecule has 8 heteroatoms. The van der Waals surface area contributed by atoms with Crippen molar-refractivity contribution in [1.82, 2.24) is 9.88 Å². The average Bonchev–Trinajstić information content (AvgIpc) is 3.01. The van der Waals surface area contributed by atoms with Crippen LogP contribution in [-0.2, 0) is 22.5 Å². The van der Waals surface area contributed by atoms with Crippen molar-refractivity contribution in [3.05, 3.63) is 35.0 Å². The molecule has 0 saturated heterocycles. The quantitative estimate of drug-likeness (QED) is 0.804. The first-order valence-electron chi connectivity index (χ1n) is 8.88. The van der Waals surface area contributed by atoms with Gasteiger partial charge in [0, 0.05) is 41.7 Å². The number of amides is 1. The molecule has 1 aromatic carbocycles. The molecule has 0 unspecified atom stereocenters. The van der Waals surface area contributed by atoms with Crippen LogP contribution < -0.4 is 0 Å². The molecule has 1 aliphatic carbocycles. The zero-order valence-electron chi connectivity index (χ0n) is 14.8. The number of carbonyl (C=O) groups is 2. The fourth-order valence-electron chi connectivity index (χ4n) is 3.86. The van der Waals surface area contributed by atoms with E-state index in [1.54, 1.807) is 18.2 Å². The molecule has 1 aromatic heterocycles. The van der Waals surface area contributed by atoms with Gasteiger partial charge in [0.1, 0.15) is 5.60 Å². The van der Waals surface area contributed by atoms with Gasteiger partial charge < -0.3 is 19.7 Å². The Kier molecular flexibility index (Phi) is 3.99. The van der Waals surface area contributed by atoms with Crippen LogP contribution in [0.2, 0.25) is 0 Å². The maximum absolute atomic E-state index is 14.6. The lowest BCUT2D eigenvalue weighted by atomic mass is 9.75. The number of H-pyrrole nitrogens is 1. The van der Waals surface area contributed by atoms with Gasteiger partial charge in [0.25, 0.3) is 5.91 Å². The predicted molar refractivity (Wildman–Crippen MR) is 92.5 cm³/mol. The number of carbonyl (C=O) groups excluding carboxylic acids is 2. The number of nitrogens with one attached hydrogen (secondary N) is 1. The highest BCUT2D eigenvalue weighted by molar-refractivity contribution is 5.96. The van der Waals surface area contributed by atoms with Gasteiger partial charge in [0.05, 0.1) is 12.7 Å². The third kappa shape index (κ3) is 2.62. The SMILES string of the molecule is COC(=O)c1ccc2[nH]c3c(c2c1)CN(C(=O)C(F)(F)C1(O)CCC1)CC3. The van der Waals surface area contributed by atoms with Crippen molar-refractivity contribution in [2.75, 3.05) is 13.7 Å². The summed E-state index contributed by atoms with van der Waals surface area (Å²) in [5.41, 5.74) is 0.465. The molecule has 2 N–H and O–H groups in total. The van der Waals surface area contributed by atoms with Crippen molar-refractivity contribution in [2.24, 2.45) is 0 Å². The number of rotatable bonds is 3. The Morgan fingerprint density at radius 3 is 2.70 bits per heavy atom. The van der Waals surface area contributed by atoms with Crippen molar-refractivity contribution < 1.29 is 28.2 Å². The number of aromatic amines is 1. The minimum absolute atomic E-state index is 0.00443. The van der Waals surface area contributed by atoms with E-state index in [9.17, 15) is 23.5 Å². The van der Waals surface area contributed by atoms with Crippen LogP contribution in [0.4, 0.5) is 8.78 Å². The normalized spacial score (nSPS) is 18.7. The molecule has 2 aromatic rings. The molecule has 0 spiro atoms. The minimum atomic E-state index is -3.80. The van der Waals surface area contributed by atoms with Crippen LogP contribution in [0.5, 0.6) is 0 Å². The Balaban J connectivity index is 1.65. The number of aliphatic hydroxyl groups is 1. The van der Waals surface area contributed by atoms with Gasteiger partial charge >= 0.3 is 11.9 Å². The fourth-order valence-corrected chi connectivity index (χ4v) is 3.86. The molecule has 1 saturated carbocycles. The van der Waals surface area contributed by atoms with Gasteiger partial charge in [-0.05, 0) is 37.5 Å². The lowest BCUT2D eigenvalue weighted by Crippen LogP contribution is -2.61. The number of ether oxygens (including phenoxy) is 1. The van der Waals surface area contributed by atoms with Crippen LogP contribution in [0.15, 0.2) is 18.2 Å². The molecule has 1 aliphatic heterocycles. The molecule has 2 aliphatic rings. The molecule has 2 heterocycles. The Bertz CT molecular complexity index is 933. The lowest BCUT2D eigenvalue weighted by molar-refractivity contribution is -0.224. The van der Waals surface area contributed by atoms with Crippen molar-refractivity contribution in [1.29, 1.82) is 0 Å². The molecule has 4 rings (SSSR count). The maximum Gasteiger partial charge on any atom is 0.352 e. The molecular weight excluding hydrogens is 358 g/mol. The molecule has 6 nitrogen and oxygen atoms in total. The largest absolute Gasteiger partial charge is 0.465 e. The van der Waals surface area contributed by atoms with Crippen molar-refractivity contribution >= 4 is 22.8 Å². The van der Waals surface area contributed by atoms with Crippen molar-refractivity contribution in [2.45, 2.75) is 43.8 Å². The van der Waals surface area contributed by atoms with Crippen molar-refractivity contribution in [3.63, 3.8) is 0 Å². The topological polar surface area (TPSA) is 82.6 Å². The highest BCUT2D eigenvalue weighted by atomic mass is 19.3. The smallest absolute Gasteiger partial charge is 0.352 e. The summed E-state index contributed by atoms with van der Waals surface area (Å²) < 4.78 is 33.8. The van der Waals surface area contributed by atoms with E-state index in [1.165, 1.54) is 7.11 Å². The molecule has 0 radical (unpaired) electrons. The number of alkyl halides is 2. The molecular formula is C19H20F2N2O4. The summed E-state index contributed by atoms with van der Waals surface area (Å²) in [6.07, 6.45) is 0.751. The number of aromatic nitrogens is 1. The summed E-state index contributed by atoms with van der Waals surface area (Å²) in [6.45, 7) is 0.151. The predicted octanol–water partition coefficient (Wildman–Crippen LogP) is 2.39. The number of esters is 1. The van der Waals surface area contributed by atoms with Crippen LogP contribution >= 0.6 is 0 Å². The number of fused-ring (bicyclic) bond motifs is 3. The third-order valence-electron chi connectivity index (χ3n) is 5.72. The zero-order chi connectivity index (χ0) is 19.4. The first kappa shape index (κ1) is 17.9. The van der Waals surface area contributed by atoms with E-state index in [0.29, 0.717) is 29.4 Å². The minimum Gasteiger partial charge on any atom is -0.465 e. The summed E-state index contributed by atoms with van der Waals surface area (Å²) in [5, 5.41) is 10.7. The number of methoxy groups -OCH3 is 1. The second-order valence-electron chi connectivity index (χ2n) is 7.27. The Labute approximate surface area is 154 Å². The average molecular weight is 378 g/mol. The molecule has 0 atom stereocenters. The van der Waals surface area contributed by atoms with Crippen LogP contribution in [0, 0.1) is 0 Å². The number of halogens is 2. The Hall–Kier alpha value is -2.48. The molecule has 27 heavy (non-hydrogen) atoms. The van der Waals surface area contributed by atoms with E-state index in [2.05, 4.69) is 4.98 Å². The van der Waals surface area contributed by atoms with E-state index >= 15 is 0 Å². The molecule has 0 bridgehead atoms. The lowest BCUT2D eigenvalue weighted by Gasteiger charge is -2.43. The molecule has 1 fully saturated rings. The Morgan fingerprint density at radius 2 is 2.07 bits per heavy atom. The zero-order valence-corrected chi connectivity index (χ0v) is 14.8. The van der Waals surface area contributed by atoms with Gasteiger partial charge in [-0.3, -0.25) is 4.79 Å². The first-order chi connectivity index (χ1) is 12.8. The van der Waals surface area contributed by atoms with Gasteiger partial charge in [-0.2, -0.15) is 8.78 Å². The van der Waals surface area contributed by atoms with Crippen LogP contribution in [0.25, 0.3) is 10.9 Å². The van der Waals surface area contributed by atoms with Gasteiger partial charge in [-0.15, -0.1) is 0 Å². The summed E-state index contributed by atoms with van der Waals surface area (Å²) in [4.78, 5) is 28.6. The fraction of sp³-hybridized carbons (Fsp3) is 0.474. The van der Waals surface area contributed by atoms with E-state index in [0.717, 1.165) is 16.1 Å². The number of nitrogens with zero attached hydrogens (tertiary/aromatic N) is 1. The van der Waals surface area contributed by atoms with E-state index in [-0.39, 0.29) is 25.9 Å². The van der Waals surface area contributed by atoms with Gasteiger partial charge in [0.15, 0.2) is 0 Å². The number of hydrogen-bond donors (Lipinski definition) is 2. The number of benzene rings is 1. The standard InChI is InChI=1S/C19H20F2N2O4/c1-27-16(24)11-3-4-14-12(9-11)13-10-23(8-5-15(13)22-14)17(25)19(20,21)18(26)6-2-7-18/h3-4,9,22,26H,2,5-8,10H2,1H3. The van der Waals surface area contributed by atoms with Gasteiger partial charge in [-0.1, -0.05) is 0 Å². The van der Waals surface area contributed by atoms with Crippen LogP contribution in [0.1, 0.15) is 40.9 Å². The summed E-state index contributed by atoms with van der Waals surface area (Å²) in [5.74, 6) is -5.63. The summed E-state index contributed by atoms with van der Waals surface area (Å²) in [6, 6.07) is 5.00. The molecule has 144 valence electrons. The van der Waals surface area contributed by atoms with Gasteiger partial charge in [0.2, 0.25) is 0 Å². The number of hydrogen-bond acceptors (Lipinski definition) is 4. The highest BCUT2D eigenvalue weighted by Gasteiger charge is 2.62. The highest BCUT2D eigenvalue weighted by Crippen LogP contribution is 2.45. The Morgan fingerprint density at radius 1 is 1.33 bits per heavy atom. The van der Waals surface area contributed by atoms with E-state index < -0.39 is 23.4 Å². The van der Waals surface area contributed by atoms with Crippen LogP contribution in [-0.4, -0.2) is 52.0 Å². The molecule has 1 amide bonds. The second-order valence-corrected chi connectivity index (χ2v) is 7.27. The maximum atomic E-state index is 14.6. The first-order valence-corrected chi connectivity index (χ1v) is 8.88.